The van der Waals surface area contributed by atoms with Crippen molar-refractivity contribution in [3.63, 3.8) is 0 Å². The van der Waals surface area contributed by atoms with E-state index < -0.39 is 17.4 Å². The van der Waals surface area contributed by atoms with Gasteiger partial charge in [-0.25, -0.2) is 0 Å². The lowest BCUT2D eigenvalue weighted by Crippen LogP contribution is -2.31. The fourth-order valence-electron chi connectivity index (χ4n) is 2.82. The van der Waals surface area contributed by atoms with Gasteiger partial charge in [0, 0.05) is 5.92 Å². The number of carbonyl (C=O) groups excluding carboxylic acids is 1. The molecular weight excluding hydrogens is 232 g/mol. The minimum absolute atomic E-state index is 0.270. The van der Waals surface area contributed by atoms with Crippen molar-refractivity contribution in [1.29, 1.82) is 0 Å². The van der Waals surface area contributed by atoms with Gasteiger partial charge < -0.3 is 9.84 Å². The molecule has 0 bridgehead atoms. The zero-order chi connectivity index (χ0) is 13.2. The summed E-state index contributed by atoms with van der Waals surface area (Å²) in [4.78, 5) is 23.1. The van der Waals surface area contributed by atoms with Crippen LogP contribution in [-0.4, -0.2) is 23.7 Å². The first-order valence-electron chi connectivity index (χ1n) is 6.64. The molecule has 0 heterocycles. The molecule has 0 radical (unpaired) electrons. The molecule has 2 aliphatic rings. The molecule has 2 unspecified atom stereocenters. The second kappa shape index (κ2) is 5.12. The summed E-state index contributed by atoms with van der Waals surface area (Å²) in [6, 6.07) is 0. The Morgan fingerprint density at radius 3 is 2.50 bits per heavy atom. The predicted molar refractivity (Wildman–Crippen MR) is 65.9 cm³/mol. The molecule has 0 aromatic rings. The first-order valence-corrected chi connectivity index (χ1v) is 6.64. The summed E-state index contributed by atoms with van der Waals surface area (Å²) in [5.74, 6) is -1.52. The fraction of sp³-hybridized carbons (Fsp3) is 0.714. The van der Waals surface area contributed by atoms with Crippen LogP contribution >= 0.6 is 0 Å². The molecule has 1 N–H and O–H groups in total. The largest absolute Gasteiger partial charge is 0.480 e. The minimum atomic E-state index is -1.34. The summed E-state index contributed by atoms with van der Waals surface area (Å²) in [6.45, 7) is 3.93. The normalized spacial score (nSPS) is 31.7. The van der Waals surface area contributed by atoms with E-state index in [1.807, 2.05) is 0 Å². The molecule has 2 saturated carbocycles. The van der Waals surface area contributed by atoms with Crippen LogP contribution in [0.5, 0.6) is 0 Å². The van der Waals surface area contributed by atoms with Gasteiger partial charge in [0.25, 0.3) is 0 Å². The molecule has 4 nitrogen and oxygen atoms in total. The maximum Gasteiger partial charge on any atom is 0.324 e. The molecular formula is C14H20O4. The van der Waals surface area contributed by atoms with E-state index in [1.54, 1.807) is 0 Å². The molecule has 0 aromatic heterocycles. The third kappa shape index (κ3) is 2.28. The number of esters is 1. The summed E-state index contributed by atoms with van der Waals surface area (Å²) >= 11 is 0. The van der Waals surface area contributed by atoms with Crippen LogP contribution in [0.15, 0.2) is 12.7 Å². The van der Waals surface area contributed by atoms with Crippen LogP contribution in [0.3, 0.4) is 0 Å². The number of aliphatic carboxylic acids is 1. The molecule has 100 valence electrons. The maximum absolute atomic E-state index is 11.9. The van der Waals surface area contributed by atoms with Gasteiger partial charge in [-0.15, -0.1) is 6.58 Å². The van der Waals surface area contributed by atoms with Crippen LogP contribution in [0, 0.1) is 17.3 Å². The third-order valence-electron chi connectivity index (χ3n) is 4.22. The average molecular weight is 252 g/mol. The van der Waals surface area contributed by atoms with Gasteiger partial charge in [-0.2, -0.15) is 0 Å². The Balaban J connectivity index is 1.87. The van der Waals surface area contributed by atoms with Crippen LogP contribution in [0.25, 0.3) is 0 Å². The van der Waals surface area contributed by atoms with E-state index in [-0.39, 0.29) is 5.92 Å². The van der Waals surface area contributed by atoms with Gasteiger partial charge >= 0.3 is 11.9 Å². The van der Waals surface area contributed by atoms with Crippen molar-refractivity contribution in [2.45, 2.75) is 38.5 Å². The Hall–Kier alpha value is -1.32. The van der Waals surface area contributed by atoms with E-state index in [4.69, 9.17) is 9.84 Å². The molecule has 0 saturated heterocycles. The number of hydrogen-bond donors (Lipinski definition) is 1. The standard InChI is InChI=1S/C14H20O4/c1-2-11-8-14(11,12(15)16)13(17)18-9-10-6-4-3-5-7-10/h2,10-11H,1,3-9H2,(H,15,16). The Morgan fingerprint density at radius 1 is 1.33 bits per heavy atom. The topological polar surface area (TPSA) is 63.6 Å². The van der Waals surface area contributed by atoms with E-state index in [2.05, 4.69) is 6.58 Å². The predicted octanol–water partition coefficient (Wildman–Crippen LogP) is 2.39. The highest BCUT2D eigenvalue weighted by molar-refractivity contribution is 6.03. The number of carboxylic acid groups (broad SMARTS) is 1. The van der Waals surface area contributed by atoms with Crippen LogP contribution in [0.1, 0.15) is 38.5 Å². The number of hydrogen-bond acceptors (Lipinski definition) is 3. The Bertz CT molecular complexity index is 357. The lowest BCUT2D eigenvalue weighted by atomic mass is 9.90. The number of carboxylic acids is 1. The van der Waals surface area contributed by atoms with Crippen molar-refractivity contribution >= 4 is 11.9 Å². The zero-order valence-electron chi connectivity index (χ0n) is 10.6. The van der Waals surface area contributed by atoms with Gasteiger partial charge in [0.2, 0.25) is 0 Å². The van der Waals surface area contributed by atoms with Crippen LogP contribution in [0.4, 0.5) is 0 Å². The number of rotatable bonds is 5. The lowest BCUT2D eigenvalue weighted by molar-refractivity contribution is -0.162. The Labute approximate surface area is 107 Å². The van der Waals surface area contributed by atoms with Crippen LogP contribution < -0.4 is 0 Å². The summed E-state index contributed by atoms with van der Waals surface area (Å²) in [7, 11) is 0. The van der Waals surface area contributed by atoms with E-state index >= 15 is 0 Å². The smallest absolute Gasteiger partial charge is 0.324 e. The van der Waals surface area contributed by atoms with Crippen LogP contribution in [0.2, 0.25) is 0 Å². The Kier molecular flexibility index (Phi) is 3.73. The molecule has 2 aliphatic carbocycles. The maximum atomic E-state index is 11.9. The third-order valence-corrected chi connectivity index (χ3v) is 4.22. The van der Waals surface area contributed by atoms with Crippen molar-refractivity contribution < 1.29 is 19.4 Å². The molecule has 4 heteroatoms. The lowest BCUT2D eigenvalue weighted by Gasteiger charge is -2.22. The monoisotopic (exact) mass is 252 g/mol. The van der Waals surface area contributed by atoms with Gasteiger partial charge in [0.05, 0.1) is 6.61 Å². The first kappa shape index (κ1) is 13.1. The highest BCUT2D eigenvalue weighted by Gasteiger charge is 2.66. The van der Waals surface area contributed by atoms with E-state index in [0.29, 0.717) is 18.9 Å². The molecule has 0 aromatic carbocycles. The zero-order valence-corrected chi connectivity index (χ0v) is 10.6. The molecule has 2 fully saturated rings. The van der Waals surface area contributed by atoms with Gasteiger partial charge in [-0.05, 0) is 25.2 Å². The number of ether oxygens (including phenoxy) is 1. The minimum Gasteiger partial charge on any atom is -0.480 e. The summed E-state index contributed by atoms with van der Waals surface area (Å²) in [5, 5.41) is 9.16. The van der Waals surface area contributed by atoms with Gasteiger partial charge in [-0.3, -0.25) is 9.59 Å². The molecule has 18 heavy (non-hydrogen) atoms. The highest BCUT2D eigenvalue weighted by Crippen LogP contribution is 2.54. The summed E-state index contributed by atoms with van der Waals surface area (Å²) < 4.78 is 5.23. The SMILES string of the molecule is C=CC1CC1(C(=O)O)C(=O)OCC1CCCCC1. The first-order chi connectivity index (χ1) is 8.61. The second-order valence-corrected chi connectivity index (χ2v) is 5.43. The molecule has 0 spiro atoms. The van der Waals surface area contributed by atoms with E-state index in [1.165, 1.54) is 25.3 Å². The van der Waals surface area contributed by atoms with E-state index in [9.17, 15) is 9.59 Å². The van der Waals surface area contributed by atoms with E-state index in [0.717, 1.165) is 12.8 Å². The van der Waals surface area contributed by atoms with Gasteiger partial charge in [-0.1, -0.05) is 25.3 Å². The van der Waals surface area contributed by atoms with Crippen molar-refractivity contribution in [3.8, 4) is 0 Å². The second-order valence-electron chi connectivity index (χ2n) is 5.43. The van der Waals surface area contributed by atoms with Crippen molar-refractivity contribution in [3.05, 3.63) is 12.7 Å². The number of allylic oxidation sites excluding steroid dienone is 1. The fourth-order valence-corrected chi connectivity index (χ4v) is 2.82. The van der Waals surface area contributed by atoms with Gasteiger partial charge in [0.1, 0.15) is 0 Å². The molecule has 0 amide bonds. The average Bonchev–Trinajstić information content (AvgIpc) is 3.13. The van der Waals surface area contributed by atoms with Crippen LogP contribution in [-0.2, 0) is 14.3 Å². The Morgan fingerprint density at radius 2 is 2.00 bits per heavy atom. The molecule has 0 aliphatic heterocycles. The summed E-state index contributed by atoms with van der Waals surface area (Å²) in [6.07, 6.45) is 7.65. The quantitative estimate of drug-likeness (QED) is 0.463. The molecule has 2 rings (SSSR count). The number of carbonyl (C=O) groups is 2. The van der Waals surface area contributed by atoms with Crippen molar-refractivity contribution in [2.24, 2.45) is 17.3 Å². The highest BCUT2D eigenvalue weighted by atomic mass is 16.5. The summed E-state index contributed by atoms with van der Waals surface area (Å²) in [5.41, 5.74) is -1.34. The van der Waals surface area contributed by atoms with Crippen molar-refractivity contribution in [2.75, 3.05) is 6.61 Å². The van der Waals surface area contributed by atoms with Crippen molar-refractivity contribution in [1.82, 2.24) is 0 Å². The van der Waals surface area contributed by atoms with Gasteiger partial charge in [0.15, 0.2) is 5.41 Å². The molecule has 2 atom stereocenters.